The Balaban J connectivity index is 1.78. The highest BCUT2D eigenvalue weighted by atomic mass is 32.2. The molecule has 1 aromatic rings. The second-order valence-corrected chi connectivity index (χ2v) is 8.33. The minimum absolute atomic E-state index is 0.0431. The second-order valence-electron chi connectivity index (χ2n) is 6.37. The maximum Gasteiger partial charge on any atom is 0.352 e. The number of aliphatic carboxylic acids is 1. The molecule has 0 aliphatic carbocycles. The van der Waals surface area contributed by atoms with Crippen molar-refractivity contribution in [3.8, 4) is 0 Å². The zero-order valence-electron chi connectivity index (χ0n) is 16.1. The van der Waals surface area contributed by atoms with Gasteiger partial charge in [0.25, 0.3) is 11.8 Å². The van der Waals surface area contributed by atoms with Crippen LogP contribution in [0.25, 0.3) is 0 Å². The molecule has 2 aliphatic heterocycles. The number of aromatic nitrogens is 1. The van der Waals surface area contributed by atoms with Crippen molar-refractivity contribution in [3.63, 3.8) is 0 Å². The van der Waals surface area contributed by atoms with E-state index in [1.54, 1.807) is 6.92 Å². The Morgan fingerprint density at radius 1 is 1.50 bits per heavy atom. The fourth-order valence-corrected chi connectivity index (χ4v) is 4.84. The lowest BCUT2D eigenvalue weighted by Crippen LogP contribution is -2.71. The molecule has 0 bridgehead atoms. The topological polar surface area (TPSA) is 150 Å². The number of amides is 3. The maximum atomic E-state index is 12.9. The van der Waals surface area contributed by atoms with Crippen LogP contribution in [0.4, 0.5) is 5.13 Å². The number of β-lactam (4-membered cyclic amide) rings is 1. The summed E-state index contributed by atoms with van der Waals surface area (Å²) in [6.45, 7) is 3.82. The van der Waals surface area contributed by atoms with Crippen molar-refractivity contribution in [1.29, 1.82) is 0 Å². The third-order valence-corrected chi connectivity index (χ3v) is 6.44. The van der Waals surface area contributed by atoms with Crippen LogP contribution in [0.5, 0.6) is 0 Å². The van der Waals surface area contributed by atoms with Crippen molar-refractivity contribution in [2.45, 2.75) is 31.7 Å². The van der Waals surface area contributed by atoms with Gasteiger partial charge >= 0.3 is 5.97 Å². The van der Waals surface area contributed by atoms with Gasteiger partial charge in [0.2, 0.25) is 6.41 Å². The largest absolute Gasteiger partial charge is 0.477 e. The average molecular weight is 454 g/mol. The molecule has 3 heterocycles. The number of carboxylic acid groups (broad SMARTS) is 1. The summed E-state index contributed by atoms with van der Waals surface area (Å²) in [7, 11) is 0. The number of nitrogens with zero attached hydrogens (tertiary/aromatic N) is 3. The number of thioether (sulfide) groups is 1. The third kappa shape index (κ3) is 4.16. The van der Waals surface area contributed by atoms with E-state index in [2.05, 4.69) is 20.8 Å². The first kappa shape index (κ1) is 21.8. The van der Waals surface area contributed by atoms with E-state index in [1.807, 2.05) is 6.92 Å². The molecule has 3 amide bonds. The van der Waals surface area contributed by atoms with Crippen molar-refractivity contribution >= 4 is 58.1 Å². The summed E-state index contributed by atoms with van der Waals surface area (Å²) < 4.78 is 0. The predicted molar refractivity (Wildman–Crippen MR) is 110 cm³/mol. The molecule has 1 unspecified atom stereocenters. The molecule has 13 heteroatoms. The highest BCUT2D eigenvalue weighted by molar-refractivity contribution is 8.00. The minimum atomic E-state index is -1.18. The lowest BCUT2D eigenvalue weighted by atomic mass is 10.0. The zero-order chi connectivity index (χ0) is 21.8. The van der Waals surface area contributed by atoms with E-state index < -0.39 is 29.2 Å². The molecule has 1 saturated heterocycles. The van der Waals surface area contributed by atoms with Gasteiger partial charge in [0, 0.05) is 11.1 Å². The van der Waals surface area contributed by atoms with Gasteiger partial charge in [-0.3, -0.25) is 19.3 Å². The van der Waals surface area contributed by atoms with Crippen LogP contribution >= 0.6 is 23.1 Å². The van der Waals surface area contributed by atoms with Crippen molar-refractivity contribution in [2.75, 3.05) is 17.7 Å². The number of carbonyl (C=O) groups excluding carboxylic acids is 3. The number of nitrogens with one attached hydrogen (secondary N) is 2. The fraction of sp³-hybridized carbons (Fsp3) is 0.412. The molecule has 3 rings (SSSR count). The number of rotatable bonds is 9. The summed E-state index contributed by atoms with van der Waals surface area (Å²) in [4.78, 5) is 58.0. The Bertz CT molecular complexity index is 943. The van der Waals surface area contributed by atoms with Crippen molar-refractivity contribution in [3.05, 3.63) is 22.3 Å². The molecule has 11 nitrogen and oxygen atoms in total. The van der Waals surface area contributed by atoms with Gasteiger partial charge in [0.15, 0.2) is 10.8 Å². The summed E-state index contributed by atoms with van der Waals surface area (Å²) in [5.41, 5.74) is 0.587. The number of fused-ring (bicyclic) bond motifs is 1. The van der Waals surface area contributed by atoms with E-state index in [-0.39, 0.29) is 28.8 Å². The third-order valence-electron chi connectivity index (χ3n) is 4.24. The van der Waals surface area contributed by atoms with Gasteiger partial charge in [-0.1, -0.05) is 12.1 Å². The summed E-state index contributed by atoms with van der Waals surface area (Å²) >= 11 is 2.47. The maximum absolute atomic E-state index is 12.9. The Morgan fingerprint density at radius 2 is 2.27 bits per heavy atom. The molecule has 0 aromatic carbocycles. The number of carboxylic acids is 1. The zero-order valence-corrected chi connectivity index (χ0v) is 17.7. The van der Waals surface area contributed by atoms with Gasteiger partial charge in [-0.05, 0) is 18.9 Å². The summed E-state index contributed by atoms with van der Waals surface area (Å²) in [6.07, 6.45) is 1.14. The molecule has 2 atom stereocenters. The molecule has 1 aromatic heterocycles. The van der Waals surface area contributed by atoms with E-state index >= 15 is 0 Å². The molecule has 160 valence electrons. The molecule has 30 heavy (non-hydrogen) atoms. The fourth-order valence-electron chi connectivity index (χ4n) is 2.89. The molecular weight excluding hydrogens is 434 g/mol. The van der Waals surface area contributed by atoms with Gasteiger partial charge in [0.1, 0.15) is 29.4 Å². The lowest BCUT2D eigenvalue weighted by molar-refractivity contribution is -0.150. The molecule has 0 spiro atoms. The number of anilines is 1. The van der Waals surface area contributed by atoms with Crippen LogP contribution in [-0.4, -0.2) is 68.7 Å². The highest BCUT2D eigenvalue weighted by Gasteiger charge is 2.54. The normalized spacial score (nSPS) is 20.9. The van der Waals surface area contributed by atoms with Crippen LogP contribution in [-0.2, 0) is 24.0 Å². The Hall–Kier alpha value is -2.93. The summed E-state index contributed by atoms with van der Waals surface area (Å²) in [6, 6.07) is -0.896. The highest BCUT2D eigenvalue weighted by Crippen LogP contribution is 2.40. The monoisotopic (exact) mass is 453 g/mol. The van der Waals surface area contributed by atoms with E-state index in [1.165, 1.54) is 22.0 Å². The van der Waals surface area contributed by atoms with Gasteiger partial charge in [-0.15, -0.1) is 23.1 Å². The minimum Gasteiger partial charge on any atom is -0.477 e. The van der Waals surface area contributed by atoms with E-state index in [0.29, 0.717) is 24.2 Å². The van der Waals surface area contributed by atoms with E-state index in [9.17, 15) is 24.3 Å². The van der Waals surface area contributed by atoms with Crippen molar-refractivity contribution < 1.29 is 29.1 Å². The SMILES string of the molecule is CCCON=C(C(=O)NC1C(=O)N2C(C(=O)O)=C(C)CS[C@H]12)c1csc(NC=O)n1. The van der Waals surface area contributed by atoms with E-state index in [0.717, 1.165) is 11.3 Å². The number of hydrogen-bond acceptors (Lipinski definition) is 9. The standard InChI is InChI=1S/C17H19N5O6S2/c1-3-4-28-21-10(9-6-30-17(19-9)18-7-23)13(24)20-11-14(25)22-12(16(26)27)8(2)5-29-15(11)22/h6-7,11,15H,3-5H2,1-2H3,(H,20,24)(H,26,27)(H,18,19,23)/t11?,15-/m1/s1. The van der Waals surface area contributed by atoms with E-state index in [4.69, 9.17) is 4.84 Å². The molecule has 2 aliphatic rings. The van der Waals surface area contributed by atoms with Gasteiger partial charge in [-0.25, -0.2) is 9.78 Å². The average Bonchev–Trinajstić information content (AvgIpc) is 3.17. The smallest absolute Gasteiger partial charge is 0.352 e. The number of carbonyl (C=O) groups is 4. The molecule has 1 fully saturated rings. The van der Waals surface area contributed by atoms with Crippen LogP contribution in [0.3, 0.4) is 0 Å². The van der Waals surface area contributed by atoms with Crippen LogP contribution < -0.4 is 10.6 Å². The lowest BCUT2D eigenvalue weighted by Gasteiger charge is -2.49. The van der Waals surface area contributed by atoms with Gasteiger partial charge < -0.3 is 20.6 Å². The quantitative estimate of drug-likeness (QED) is 0.162. The Labute approximate surface area is 179 Å². The Morgan fingerprint density at radius 3 is 2.93 bits per heavy atom. The first-order chi connectivity index (χ1) is 14.4. The first-order valence-corrected chi connectivity index (χ1v) is 10.9. The van der Waals surface area contributed by atoms with Crippen LogP contribution in [0.1, 0.15) is 26.0 Å². The molecule has 0 radical (unpaired) electrons. The molecule has 3 N–H and O–H groups in total. The first-order valence-electron chi connectivity index (χ1n) is 8.93. The number of hydrogen-bond donors (Lipinski definition) is 3. The van der Waals surface area contributed by atoms with Gasteiger partial charge in [-0.2, -0.15) is 0 Å². The summed E-state index contributed by atoms with van der Waals surface area (Å²) in [5.74, 6) is -1.93. The molecule has 0 saturated carbocycles. The number of oxime groups is 1. The molecular formula is C17H19N5O6S2. The predicted octanol–water partition coefficient (Wildman–Crippen LogP) is 0.601. The number of thiazole rings is 1. The summed E-state index contributed by atoms with van der Waals surface area (Å²) in [5, 5.41) is 19.5. The van der Waals surface area contributed by atoms with Crippen molar-refractivity contribution in [2.24, 2.45) is 5.16 Å². The van der Waals surface area contributed by atoms with Crippen molar-refractivity contribution in [1.82, 2.24) is 15.2 Å². The Kier molecular flexibility index (Phi) is 6.72. The van der Waals surface area contributed by atoms with Crippen LogP contribution in [0.2, 0.25) is 0 Å². The van der Waals surface area contributed by atoms with Crippen LogP contribution in [0.15, 0.2) is 21.8 Å². The van der Waals surface area contributed by atoms with Gasteiger partial charge in [0.05, 0.1) is 0 Å². The van der Waals surface area contributed by atoms with Crippen LogP contribution in [0, 0.1) is 0 Å². The second kappa shape index (κ2) is 9.26.